The molecule has 6 nitrogen and oxygen atoms in total. The highest BCUT2D eigenvalue weighted by Gasteiger charge is 2.19. The zero-order chi connectivity index (χ0) is 12.3. The lowest BCUT2D eigenvalue weighted by Crippen LogP contribution is -2.42. The predicted octanol–water partition coefficient (Wildman–Crippen LogP) is 0.779. The van der Waals surface area contributed by atoms with Crippen LogP contribution in [0.2, 0.25) is 0 Å². The number of morpholine rings is 1. The molecule has 0 saturated carbocycles. The molecule has 1 amide bonds. The zero-order valence-electron chi connectivity index (χ0n) is 9.47. The van der Waals surface area contributed by atoms with E-state index in [2.05, 4.69) is 0 Å². The molecule has 0 spiro atoms. The lowest BCUT2D eigenvalue weighted by atomic mass is 10.4. The maximum Gasteiger partial charge on any atom is 0.415 e. The van der Waals surface area contributed by atoms with E-state index in [0.717, 1.165) is 6.07 Å². The largest absolute Gasteiger partial charge is 0.428 e. The van der Waals surface area contributed by atoms with Crippen molar-refractivity contribution in [2.75, 3.05) is 26.3 Å². The zero-order valence-corrected chi connectivity index (χ0v) is 9.47. The average Bonchev–Trinajstić information content (AvgIpc) is 2.28. The average molecular weight is 239 g/mol. The number of nitrogens with zero attached hydrogens (tertiary/aromatic N) is 1. The van der Waals surface area contributed by atoms with Crippen LogP contribution in [0.25, 0.3) is 0 Å². The van der Waals surface area contributed by atoms with Gasteiger partial charge in [0.1, 0.15) is 11.5 Å². The first-order valence-electron chi connectivity index (χ1n) is 5.31. The van der Waals surface area contributed by atoms with Crippen LogP contribution in [0.1, 0.15) is 5.76 Å². The van der Waals surface area contributed by atoms with Crippen LogP contribution in [0.5, 0.6) is 5.75 Å². The second-order valence-electron chi connectivity index (χ2n) is 3.69. The van der Waals surface area contributed by atoms with Gasteiger partial charge in [-0.25, -0.2) is 9.59 Å². The Balaban J connectivity index is 2.04. The van der Waals surface area contributed by atoms with Gasteiger partial charge in [0.25, 0.3) is 0 Å². The molecule has 1 aromatic rings. The first-order chi connectivity index (χ1) is 8.15. The first kappa shape index (κ1) is 11.7. The lowest BCUT2D eigenvalue weighted by Gasteiger charge is -2.25. The molecule has 0 N–H and O–H groups in total. The SMILES string of the molecule is Cc1cc(OC(=O)N2CCOCC2)cc(=O)o1. The van der Waals surface area contributed by atoms with Crippen molar-refractivity contribution in [3.8, 4) is 5.75 Å². The predicted molar refractivity (Wildman–Crippen MR) is 58.1 cm³/mol. The lowest BCUT2D eigenvalue weighted by molar-refractivity contribution is 0.0415. The molecule has 1 fully saturated rings. The molecule has 0 aliphatic carbocycles. The summed E-state index contributed by atoms with van der Waals surface area (Å²) in [4.78, 5) is 24.3. The molecule has 1 aliphatic rings. The van der Waals surface area contributed by atoms with Crippen LogP contribution in [0.4, 0.5) is 4.79 Å². The quantitative estimate of drug-likeness (QED) is 0.724. The molecular weight excluding hydrogens is 226 g/mol. The number of carbonyl (C=O) groups is 1. The molecule has 0 bridgehead atoms. The summed E-state index contributed by atoms with van der Waals surface area (Å²) in [6, 6.07) is 2.64. The molecular formula is C11H13NO5. The molecule has 0 aromatic carbocycles. The summed E-state index contributed by atoms with van der Waals surface area (Å²) in [6.07, 6.45) is -0.474. The van der Waals surface area contributed by atoms with E-state index in [-0.39, 0.29) is 5.75 Å². The molecule has 17 heavy (non-hydrogen) atoms. The van der Waals surface area contributed by atoms with Crippen LogP contribution in [0.15, 0.2) is 21.3 Å². The van der Waals surface area contributed by atoms with E-state index in [1.807, 2.05) is 0 Å². The van der Waals surface area contributed by atoms with Gasteiger partial charge in [0.05, 0.1) is 19.3 Å². The minimum absolute atomic E-state index is 0.204. The third kappa shape index (κ3) is 3.07. The van der Waals surface area contributed by atoms with Gasteiger partial charge in [-0.3, -0.25) is 0 Å². The van der Waals surface area contributed by atoms with E-state index in [1.54, 1.807) is 6.92 Å². The molecule has 0 radical (unpaired) electrons. The molecule has 0 atom stereocenters. The Morgan fingerprint density at radius 1 is 1.35 bits per heavy atom. The highest BCUT2D eigenvalue weighted by Crippen LogP contribution is 2.11. The number of hydrogen-bond acceptors (Lipinski definition) is 5. The van der Waals surface area contributed by atoms with Crippen molar-refractivity contribution >= 4 is 6.09 Å². The van der Waals surface area contributed by atoms with Gasteiger partial charge in [0, 0.05) is 19.2 Å². The van der Waals surface area contributed by atoms with E-state index in [1.165, 1.54) is 11.0 Å². The van der Waals surface area contributed by atoms with Gasteiger partial charge in [-0.1, -0.05) is 0 Å². The molecule has 0 unspecified atom stereocenters. The monoisotopic (exact) mass is 239 g/mol. The second-order valence-corrected chi connectivity index (χ2v) is 3.69. The van der Waals surface area contributed by atoms with Gasteiger partial charge in [-0.15, -0.1) is 0 Å². The first-order valence-corrected chi connectivity index (χ1v) is 5.31. The van der Waals surface area contributed by atoms with Crippen molar-refractivity contribution in [3.05, 3.63) is 28.3 Å². The van der Waals surface area contributed by atoms with Crippen molar-refractivity contribution in [3.63, 3.8) is 0 Å². The second kappa shape index (κ2) is 5.01. The van der Waals surface area contributed by atoms with Crippen LogP contribution >= 0.6 is 0 Å². The minimum Gasteiger partial charge on any atom is -0.428 e. The van der Waals surface area contributed by atoms with Crippen LogP contribution in [0, 0.1) is 6.92 Å². The van der Waals surface area contributed by atoms with E-state index in [0.29, 0.717) is 32.1 Å². The fourth-order valence-corrected chi connectivity index (χ4v) is 1.55. The number of rotatable bonds is 1. The van der Waals surface area contributed by atoms with Crippen LogP contribution in [0.3, 0.4) is 0 Å². The molecule has 92 valence electrons. The van der Waals surface area contributed by atoms with Crippen molar-refractivity contribution in [2.24, 2.45) is 0 Å². The number of ether oxygens (including phenoxy) is 2. The fraction of sp³-hybridized carbons (Fsp3) is 0.455. The van der Waals surface area contributed by atoms with Gasteiger partial charge in [-0.05, 0) is 6.92 Å². The molecule has 2 rings (SSSR count). The summed E-state index contributed by atoms with van der Waals surface area (Å²) in [5.41, 5.74) is -0.533. The Labute approximate surface area is 97.7 Å². The minimum atomic E-state index is -0.533. The van der Waals surface area contributed by atoms with E-state index >= 15 is 0 Å². The summed E-state index contributed by atoms with van der Waals surface area (Å²) in [7, 11) is 0. The van der Waals surface area contributed by atoms with E-state index in [9.17, 15) is 9.59 Å². The normalized spacial score (nSPS) is 15.7. The van der Waals surface area contributed by atoms with Crippen molar-refractivity contribution in [2.45, 2.75) is 6.92 Å². The van der Waals surface area contributed by atoms with Gasteiger partial charge in [0.15, 0.2) is 0 Å². The van der Waals surface area contributed by atoms with Crippen LogP contribution in [-0.2, 0) is 4.74 Å². The smallest absolute Gasteiger partial charge is 0.415 e. The standard InChI is InChI=1S/C11H13NO5/c1-8-6-9(7-10(13)16-8)17-11(14)12-2-4-15-5-3-12/h6-7H,2-5H2,1H3. The Kier molecular flexibility index (Phi) is 3.43. The summed E-state index contributed by atoms with van der Waals surface area (Å²) in [5, 5.41) is 0. The van der Waals surface area contributed by atoms with Gasteiger partial charge >= 0.3 is 11.7 Å². The van der Waals surface area contributed by atoms with E-state index in [4.69, 9.17) is 13.9 Å². The van der Waals surface area contributed by atoms with Gasteiger partial charge < -0.3 is 18.8 Å². The molecule has 1 aromatic heterocycles. The number of carbonyl (C=O) groups excluding carboxylic acids is 1. The maximum atomic E-state index is 11.7. The van der Waals surface area contributed by atoms with Crippen molar-refractivity contribution in [1.82, 2.24) is 4.90 Å². The third-order valence-electron chi connectivity index (χ3n) is 2.34. The summed E-state index contributed by atoms with van der Waals surface area (Å²) < 4.78 is 15.0. The molecule has 2 heterocycles. The highest BCUT2D eigenvalue weighted by atomic mass is 16.6. The van der Waals surface area contributed by atoms with E-state index < -0.39 is 11.7 Å². The molecule has 6 heteroatoms. The number of hydrogen-bond donors (Lipinski definition) is 0. The van der Waals surface area contributed by atoms with Gasteiger partial charge in [-0.2, -0.15) is 0 Å². The van der Waals surface area contributed by atoms with Gasteiger partial charge in [0.2, 0.25) is 0 Å². The Bertz CT molecular complexity index is 461. The summed E-state index contributed by atoms with van der Waals surface area (Å²) in [6.45, 7) is 3.63. The van der Waals surface area contributed by atoms with Crippen molar-refractivity contribution < 1.29 is 18.7 Å². The van der Waals surface area contributed by atoms with Crippen LogP contribution in [-0.4, -0.2) is 37.3 Å². The summed E-state index contributed by atoms with van der Waals surface area (Å²) >= 11 is 0. The van der Waals surface area contributed by atoms with Crippen molar-refractivity contribution in [1.29, 1.82) is 0 Å². The molecule has 1 aliphatic heterocycles. The highest BCUT2D eigenvalue weighted by molar-refractivity contribution is 5.70. The Hall–Kier alpha value is -1.82. The maximum absolute atomic E-state index is 11.7. The Morgan fingerprint density at radius 2 is 2.06 bits per heavy atom. The fourth-order valence-electron chi connectivity index (χ4n) is 1.55. The van der Waals surface area contributed by atoms with Crippen LogP contribution < -0.4 is 10.4 Å². The Morgan fingerprint density at radius 3 is 2.71 bits per heavy atom. The summed E-state index contributed by atoms with van der Waals surface area (Å²) in [5.74, 6) is 0.609. The number of aryl methyl sites for hydroxylation is 1. The number of amides is 1. The third-order valence-corrected chi connectivity index (χ3v) is 2.34. The topological polar surface area (TPSA) is 69.0 Å². The molecule has 1 saturated heterocycles.